The number of anilines is 1. The first-order valence-electron chi connectivity index (χ1n) is 11.5. The van der Waals surface area contributed by atoms with E-state index in [1.807, 2.05) is 13.8 Å². The molecule has 0 bridgehead atoms. The molecule has 2 aromatic heterocycles. The fourth-order valence-corrected chi connectivity index (χ4v) is 4.74. The van der Waals surface area contributed by atoms with Crippen LogP contribution in [0.25, 0.3) is 10.9 Å². The summed E-state index contributed by atoms with van der Waals surface area (Å²) in [6.45, 7) is 9.18. The third-order valence-corrected chi connectivity index (χ3v) is 6.85. The topological polar surface area (TPSA) is 98.9 Å². The van der Waals surface area contributed by atoms with E-state index in [0.29, 0.717) is 31.9 Å². The summed E-state index contributed by atoms with van der Waals surface area (Å²) in [5.74, 6) is -3.05. The highest BCUT2D eigenvalue weighted by Gasteiger charge is 2.30. The minimum Gasteiger partial charge on any atom is -0.506 e. The summed E-state index contributed by atoms with van der Waals surface area (Å²) in [6.07, 6.45) is 2.84. The number of benzene rings is 1. The summed E-state index contributed by atoms with van der Waals surface area (Å²) in [5.41, 5.74) is 0.442. The lowest BCUT2D eigenvalue weighted by Crippen LogP contribution is -2.52. The van der Waals surface area contributed by atoms with E-state index in [2.05, 4.69) is 9.88 Å². The Kier molecular flexibility index (Phi) is 6.50. The number of nitrogens with zero attached hydrogens (tertiary/aromatic N) is 4. The number of aromatic carboxylic acids is 1. The maximum Gasteiger partial charge on any atom is 0.341 e. The van der Waals surface area contributed by atoms with E-state index in [4.69, 9.17) is 0 Å². The standard InChI is InChI=1S/C25H28F2N4O4/c1-5-29-12-18(25(34)35)24(33)17-8-19(26)22(20(27)21(17)29)31-7-6-30(13(2)10-31)11-16-9-28-15(4)23(32)14(16)3/h8-9,12-13,32H,5-7,10-11H2,1-4H3,(H,34,35). The number of pyridine rings is 2. The van der Waals surface area contributed by atoms with Crippen LogP contribution in [0.1, 0.15) is 41.0 Å². The van der Waals surface area contributed by atoms with Gasteiger partial charge in [0.05, 0.1) is 16.6 Å². The number of fused-ring (bicyclic) bond motifs is 1. The Hall–Kier alpha value is -3.53. The van der Waals surface area contributed by atoms with Gasteiger partial charge in [-0.05, 0) is 44.9 Å². The van der Waals surface area contributed by atoms with Gasteiger partial charge in [-0.1, -0.05) is 0 Å². The molecule has 0 aliphatic carbocycles. The first-order chi connectivity index (χ1) is 16.5. The Bertz CT molecular complexity index is 1390. The van der Waals surface area contributed by atoms with Crippen molar-refractivity contribution in [1.29, 1.82) is 0 Å². The van der Waals surface area contributed by atoms with Gasteiger partial charge >= 0.3 is 5.97 Å². The van der Waals surface area contributed by atoms with Crippen molar-refractivity contribution in [2.75, 3.05) is 24.5 Å². The predicted molar refractivity (Wildman–Crippen MR) is 128 cm³/mol. The van der Waals surface area contributed by atoms with Crippen LogP contribution in [0.15, 0.2) is 23.3 Å². The Morgan fingerprint density at radius 3 is 2.60 bits per heavy atom. The van der Waals surface area contributed by atoms with Crippen molar-refractivity contribution >= 4 is 22.6 Å². The fraction of sp³-hybridized carbons (Fsp3) is 0.400. The Labute approximate surface area is 201 Å². The average molecular weight is 487 g/mol. The molecule has 1 aliphatic rings. The van der Waals surface area contributed by atoms with Gasteiger partial charge in [0.15, 0.2) is 5.82 Å². The number of rotatable bonds is 5. The molecule has 0 spiro atoms. The van der Waals surface area contributed by atoms with Crippen molar-refractivity contribution in [3.63, 3.8) is 0 Å². The van der Waals surface area contributed by atoms with Gasteiger partial charge in [0.2, 0.25) is 5.43 Å². The summed E-state index contributed by atoms with van der Waals surface area (Å²) in [5, 5.41) is 19.2. The molecule has 0 amide bonds. The largest absolute Gasteiger partial charge is 0.506 e. The van der Waals surface area contributed by atoms with E-state index in [-0.39, 0.29) is 34.9 Å². The lowest BCUT2D eigenvalue weighted by molar-refractivity contribution is 0.0694. The first-order valence-corrected chi connectivity index (χ1v) is 11.5. The van der Waals surface area contributed by atoms with Gasteiger partial charge < -0.3 is 19.7 Å². The molecule has 0 saturated carbocycles. The molecule has 8 nitrogen and oxygen atoms in total. The number of hydrogen-bond acceptors (Lipinski definition) is 6. The van der Waals surface area contributed by atoms with Gasteiger partial charge in [-0.15, -0.1) is 0 Å². The lowest BCUT2D eigenvalue weighted by Gasteiger charge is -2.41. The zero-order valence-corrected chi connectivity index (χ0v) is 20.1. The van der Waals surface area contributed by atoms with Crippen molar-refractivity contribution in [1.82, 2.24) is 14.5 Å². The predicted octanol–water partition coefficient (Wildman–Crippen LogP) is 3.43. The highest BCUT2D eigenvalue weighted by Crippen LogP contribution is 2.32. The van der Waals surface area contributed by atoms with Crippen molar-refractivity contribution in [2.45, 2.75) is 46.8 Å². The molecule has 35 heavy (non-hydrogen) atoms. The minimum absolute atomic E-state index is 0.0659. The number of piperazine rings is 1. The molecule has 1 saturated heterocycles. The monoisotopic (exact) mass is 486 g/mol. The second-order valence-electron chi connectivity index (χ2n) is 8.99. The van der Waals surface area contributed by atoms with Crippen molar-refractivity contribution in [3.05, 3.63) is 62.7 Å². The molecule has 10 heteroatoms. The van der Waals surface area contributed by atoms with E-state index in [1.54, 1.807) is 24.9 Å². The summed E-state index contributed by atoms with van der Waals surface area (Å²) >= 11 is 0. The second-order valence-corrected chi connectivity index (χ2v) is 8.99. The highest BCUT2D eigenvalue weighted by molar-refractivity contribution is 5.93. The first kappa shape index (κ1) is 24.6. The summed E-state index contributed by atoms with van der Waals surface area (Å²) in [6, 6.07) is 0.874. The molecule has 3 heterocycles. The van der Waals surface area contributed by atoms with Crippen LogP contribution in [0.5, 0.6) is 5.75 Å². The molecule has 1 unspecified atom stereocenters. The van der Waals surface area contributed by atoms with Crippen LogP contribution in [0.3, 0.4) is 0 Å². The van der Waals surface area contributed by atoms with Crippen LogP contribution in [-0.4, -0.2) is 56.3 Å². The third kappa shape index (κ3) is 4.22. The number of carboxylic acids is 1. The molecule has 1 fully saturated rings. The number of halogens is 2. The van der Waals surface area contributed by atoms with Crippen LogP contribution < -0.4 is 10.3 Å². The molecule has 4 rings (SSSR count). The molecule has 2 N–H and O–H groups in total. The summed E-state index contributed by atoms with van der Waals surface area (Å²) in [7, 11) is 0. The molecule has 1 atom stereocenters. The van der Waals surface area contributed by atoms with Crippen LogP contribution in [0.2, 0.25) is 0 Å². The van der Waals surface area contributed by atoms with E-state index in [9.17, 15) is 19.8 Å². The maximum atomic E-state index is 15.7. The molecular weight excluding hydrogens is 458 g/mol. The summed E-state index contributed by atoms with van der Waals surface area (Å²) in [4.78, 5) is 32.1. The van der Waals surface area contributed by atoms with Gasteiger partial charge in [0, 0.05) is 51.2 Å². The molecule has 1 aliphatic heterocycles. The Morgan fingerprint density at radius 1 is 1.26 bits per heavy atom. The van der Waals surface area contributed by atoms with Gasteiger partial charge in [-0.2, -0.15) is 0 Å². The smallest absolute Gasteiger partial charge is 0.341 e. The third-order valence-electron chi connectivity index (χ3n) is 6.85. The van der Waals surface area contributed by atoms with Crippen LogP contribution >= 0.6 is 0 Å². The lowest BCUT2D eigenvalue weighted by atomic mass is 10.1. The number of aryl methyl sites for hydroxylation is 2. The number of carbonyl (C=O) groups is 1. The van der Waals surface area contributed by atoms with Gasteiger partial charge in [-0.3, -0.25) is 14.7 Å². The van der Waals surface area contributed by atoms with E-state index < -0.39 is 28.6 Å². The van der Waals surface area contributed by atoms with Crippen LogP contribution in [-0.2, 0) is 13.1 Å². The van der Waals surface area contributed by atoms with Gasteiger partial charge in [0.1, 0.15) is 22.8 Å². The molecule has 0 radical (unpaired) electrons. The molecule has 186 valence electrons. The fourth-order valence-electron chi connectivity index (χ4n) is 4.74. The zero-order chi connectivity index (χ0) is 25.6. The van der Waals surface area contributed by atoms with Gasteiger partial charge in [-0.25, -0.2) is 13.6 Å². The number of carboxylic acid groups (broad SMARTS) is 1. The minimum atomic E-state index is -1.44. The van der Waals surface area contributed by atoms with E-state index >= 15 is 8.78 Å². The average Bonchev–Trinajstić information content (AvgIpc) is 2.81. The van der Waals surface area contributed by atoms with Gasteiger partial charge in [0.25, 0.3) is 0 Å². The van der Waals surface area contributed by atoms with E-state index in [0.717, 1.165) is 23.4 Å². The zero-order valence-electron chi connectivity index (χ0n) is 20.1. The van der Waals surface area contributed by atoms with Crippen molar-refractivity contribution in [2.24, 2.45) is 0 Å². The van der Waals surface area contributed by atoms with E-state index in [1.165, 1.54) is 4.57 Å². The second kappa shape index (κ2) is 9.26. The molecule has 1 aromatic carbocycles. The van der Waals surface area contributed by atoms with Crippen LogP contribution in [0.4, 0.5) is 14.5 Å². The number of aromatic nitrogens is 2. The normalized spacial score (nSPS) is 16.7. The molecular formula is C25H28F2N4O4. The Morgan fingerprint density at radius 2 is 1.97 bits per heavy atom. The molecule has 3 aromatic rings. The Balaban J connectivity index is 1.67. The number of aromatic hydroxyl groups is 1. The quantitative estimate of drug-likeness (QED) is 0.570. The summed E-state index contributed by atoms with van der Waals surface area (Å²) < 4.78 is 32.3. The highest BCUT2D eigenvalue weighted by atomic mass is 19.1. The maximum absolute atomic E-state index is 15.7. The number of hydrogen-bond donors (Lipinski definition) is 2. The van der Waals surface area contributed by atoms with Crippen molar-refractivity contribution < 1.29 is 23.8 Å². The van der Waals surface area contributed by atoms with Crippen molar-refractivity contribution in [3.8, 4) is 5.75 Å². The van der Waals surface area contributed by atoms with Crippen LogP contribution in [0, 0.1) is 25.5 Å². The SMILES string of the molecule is CCn1cc(C(=O)O)c(=O)c2cc(F)c(N3CCN(Cc4cnc(C)c(O)c4C)C(C)C3)c(F)c21.